The van der Waals surface area contributed by atoms with Gasteiger partial charge in [0, 0.05) is 75.0 Å². The normalized spacial score (nSPS) is 12.1. The summed E-state index contributed by atoms with van der Waals surface area (Å²) in [5.74, 6) is 0. The Bertz CT molecular complexity index is 6030. The number of aromatic nitrogens is 5. The molecule has 7 nitrogen and oxygen atoms in total. The molecule has 0 amide bonds. The zero-order valence-corrected chi connectivity index (χ0v) is 47.8. The van der Waals surface area contributed by atoms with E-state index in [2.05, 4.69) is 302 Å². The molecule has 88 heavy (non-hydrogen) atoms. The van der Waals surface area contributed by atoms with Crippen molar-refractivity contribution in [3.05, 3.63) is 290 Å². The van der Waals surface area contributed by atoms with Gasteiger partial charge in [-0.1, -0.05) is 200 Å². The Morgan fingerprint density at radius 1 is 0.330 bits per heavy atom. The number of fused-ring (bicyclic) bond motifs is 19. The fourth-order valence-corrected chi connectivity index (χ4v) is 16.3. The second-order valence-corrected chi connectivity index (χ2v) is 23.9. The lowest BCUT2D eigenvalue weighted by Gasteiger charge is -2.27. The van der Waals surface area contributed by atoms with Crippen LogP contribution in [-0.2, 0) is 0 Å². The summed E-state index contributed by atoms with van der Waals surface area (Å²) < 4.78 is 14.0. The summed E-state index contributed by atoms with van der Waals surface area (Å²) in [7, 11) is 0. The molecule has 0 aliphatic heterocycles. The molecule has 0 spiro atoms. The Balaban J connectivity index is 1.09. The Morgan fingerprint density at radius 3 is 1.31 bits per heavy atom. The maximum absolute atomic E-state index is 12.9. The van der Waals surface area contributed by atoms with Crippen LogP contribution >= 0.6 is 11.3 Å². The second-order valence-electron chi connectivity index (χ2n) is 22.8. The molecule has 6 heterocycles. The van der Waals surface area contributed by atoms with E-state index in [4.69, 9.17) is 4.85 Å². The largest absolute Gasteiger partial charge is 0.318 e. The fraction of sp³-hybridized carbons (Fsp3) is 0. The lowest BCUT2D eigenvalue weighted by atomic mass is 9.98. The van der Waals surface area contributed by atoms with E-state index in [-0.39, 0.29) is 0 Å². The molecule has 406 valence electrons. The molecule has 0 aliphatic rings. The third kappa shape index (κ3) is 6.42. The zero-order chi connectivity index (χ0) is 57.9. The first kappa shape index (κ1) is 48.4. The number of benzene rings is 13. The predicted molar refractivity (Wildman–Crippen MR) is 367 cm³/mol. The van der Waals surface area contributed by atoms with E-state index in [9.17, 15) is 11.8 Å². The molecule has 13 aromatic carbocycles. The van der Waals surface area contributed by atoms with Crippen LogP contribution in [0.1, 0.15) is 5.56 Å². The number of nitrogens with zero attached hydrogens (tertiary/aromatic N) is 7. The van der Waals surface area contributed by atoms with Crippen molar-refractivity contribution in [3.63, 3.8) is 0 Å². The Kier molecular flexibility index (Phi) is 10.1. The molecule has 0 fully saturated rings. The topological polar surface area (TPSA) is 52.8 Å². The highest BCUT2D eigenvalue weighted by atomic mass is 32.1. The molecule has 0 unspecified atom stereocenters. The van der Waals surface area contributed by atoms with Crippen molar-refractivity contribution in [1.29, 1.82) is 5.26 Å². The molecular weight excluding hydrogens is 1090 g/mol. The van der Waals surface area contributed by atoms with E-state index in [1.165, 1.54) is 10.1 Å². The standard InChI is InChI=1S/C80H45N7S/c1-82-74-75(84-63-33-13-5-24-51(63)52-25-6-14-34-64(52)84)62(47-81)76(85-65-35-15-7-26-53(65)54-27-8-16-36-66(54)85)79(78(74)86-67-37-17-9-28-55(67)56-29-10-18-38-68(56)86)87-71-46-48(42-43-57(71)59-44-45-60-58-30-12-20-41-72(58)88-80(60)77(59)87)50-32-21-40-70-73(50)61-31-11-19-39-69(61)83(70)49-22-3-2-4-23-49/h2-46H. The van der Waals surface area contributed by atoms with Crippen LogP contribution in [0.25, 0.3) is 174 Å². The summed E-state index contributed by atoms with van der Waals surface area (Å²) in [6, 6.07) is 100. The van der Waals surface area contributed by atoms with Gasteiger partial charge in [0.15, 0.2) is 0 Å². The highest BCUT2D eigenvalue weighted by Gasteiger charge is 2.35. The maximum Gasteiger partial charge on any atom is 0.237 e. The SMILES string of the molecule is [C-]#[N+]c1c(-n2c3ccccc3c3ccccc32)c(C#N)c(-n2c3ccccc3c3ccccc32)c(-n2c3cc(-c4cccc5c4c4ccccc4n5-c4ccccc4)ccc3c3ccc4c5ccccc5sc4c32)c1-n1c2ccccc2c2ccccc21. The van der Waals surface area contributed by atoms with E-state index in [1.54, 1.807) is 11.3 Å². The van der Waals surface area contributed by atoms with Gasteiger partial charge >= 0.3 is 0 Å². The van der Waals surface area contributed by atoms with E-state index < -0.39 is 0 Å². The second kappa shape index (κ2) is 18.3. The molecule has 0 atom stereocenters. The molecule has 19 rings (SSSR count). The van der Waals surface area contributed by atoms with Crippen LogP contribution in [0.15, 0.2) is 273 Å². The predicted octanol–water partition coefficient (Wildman–Crippen LogP) is 21.6. The lowest BCUT2D eigenvalue weighted by molar-refractivity contribution is 1.04. The van der Waals surface area contributed by atoms with Gasteiger partial charge in [0.05, 0.1) is 94.8 Å². The van der Waals surface area contributed by atoms with Crippen LogP contribution in [0.3, 0.4) is 0 Å². The summed E-state index contributed by atoms with van der Waals surface area (Å²) in [5, 5.41) is 25.9. The van der Waals surface area contributed by atoms with Crippen molar-refractivity contribution >= 4 is 146 Å². The van der Waals surface area contributed by atoms with Crippen molar-refractivity contribution in [2.75, 3.05) is 0 Å². The van der Waals surface area contributed by atoms with Crippen LogP contribution in [0.5, 0.6) is 0 Å². The number of thiophene rings is 1. The van der Waals surface area contributed by atoms with Crippen molar-refractivity contribution < 1.29 is 0 Å². The van der Waals surface area contributed by atoms with Gasteiger partial charge in [0.25, 0.3) is 0 Å². The number of hydrogen-bond donors (Lipinski definition) is 0. The van der Waals surface area contributed by atoms with Crippen molar-refractivity contribution in [3.8, 4) is 45.6 Å². The molecule has 0 bridgehead atoms. The Morgan fingerprint density at radius 2 is 0.761 bits per heavy atom. The highest BCUT2D eigenvalue weighted by molar-refractivity contribution is 7.26. The van der Waals surface area contributed by atoms with E-state index in [1.807, 2.05) is 0 Å². The van der Waals surface area contributed by atoms with E-state index in [0.717, 1.165) is 136 Å². The average molecular weight is 1140 g/mol. The van der Waals surface area contributed by atoms with Crippen molar-refractivity contribution in [1.82, 2.24) is 22.8 Å². The quantitative estimate of drug-likeness (QED) is 0.153. The van der Waals surface area contributed by atoms with Crippen LogP contribution < -0.4 is 0 Å². The molecular formula is C80H45N7S. The van der Waals surface area contributed by atoms with Gasteiger partial charge in [-0.3, -0.25) is 0 Å². The van der Waals surface area contributed by atoms with Crippen molar-refractivity contribution in [2.45, 2.75) is 0 Å². The van der Waals surface area contributed by atoms with Gasteiger partial charge in [-0.15, -0.1) is 11.3 Å². The van der Waals surface area contributed by atoms with Gasteiger partial charge in [0.1, 0.15) is 6.07 Å². The first-order valence-corrected chi connectivity index (χ1v) is 30.4. The Hall–Kier alpha value is -11.9. The number of hydrogen-bond acceptors (Lipinski definition) is 2. The summed E-state index contributed by atoms with van der Waals surface area (Å²) in [5.41, 5.74) is 16.2. The van der Waals surface area contributed by atoms with Crippen molar-refractivity contribution in [2.24, 2.45) is 0 Å². The third-order valence-electron chi connectivity index (χ3n) is 18.5. The van der Waals surface area contributed by atoms with Gasteiger partial charge in [-0.2, -0.15) is 5.26 Å². The summed E-state index contributed by atoms with van der Waals surface area (Å²) >= 11 is 1.79. The van der Waals surface area contributed by atoms with Gasteiger partial charge in [0.2, 0.25) is 5.69 Å². The summed E-state index contributed by atoms with van der Waals surface area (Å²) in [6.45, 7) is 10.0. The highest BCUT2D eigenvalue weighted by Crippen LogP contribution is 2.54. The first-order valence-electron chi connectivity index (χ1n) is 29.6. The van der Waals surface area contributed by atoms with Gasteiger partial charge < -0.3 is 22.8 Å². The minimum Gasteiger partial charge on any atom is -0.318 e. The summed E-state index contributed by atoms with van der Waals surface area (Å²) in [4.78, 5) is 4.88. The number of nitriles is 1. The third-order valence-corrected chi connectivity index (χ3v) is 19.7. The molecule has 0 saturated carbocycles. The monoisotopic (exact) mass is 1140 g/mol. The average Bonchev–Trinajstić information content (AvgIpc) is 1.47. The molecule has 0 saturated heterocycles. The number of para-hydroxylation sites is 8. The molecule has 19 aromatic rings. The molecule has 0 N–H and O–H groups in total. The Labute approximate surface area is 506 Å². The van der Waals surface area contributed by atoms with Crippen LogP contribution in [-0.4, -0.2) is 22.8 Å². The van der Waals surface area contributed by atoms with Crippen LogP contribution in [0.2, 0.25) is 0 Å². The molecule has 0 radical (unpaired) electrons. The minimum absolute atomic E-state index is 0.349. The maximum atomic E-state index is 12.9. The summed E-state index contributed by atoms with van der Waals surface area (Å²) in [6.07, 6.45) is 0. The van der Waals surface area contributed by atoms with E-state index in [0.29, 0.717) is 34.0 Å². The molecule has 8 heteroatoms. The smallest absolute Gasteiger partial charge is 0.237 e. The molecule has 0 aliphatic carbocycles. The minimum atomic E-state index is 0.349. The lowest BCUT2D eigenvalue weighted by Crippen LogP contribution is -2.14. The fourth-order valence-electron chi connectivity index (χ4n) is 15.0. The van der Waals surface area contributed by atoms with Crippen LogP contribution in [0, 0.1) is 17.9 Å². The van der Waals surface area contributed by atoms with Crippen LogP contribution in [0.4, 0.5) is 5.69 Å². The van der Waals surface area contributed by atoms with E-state index >= 15 is 0 Å². The zero-order valence-electron chi connectivity index (χ0n) is 47.0. The van der Waals surface area contributed by atoms with Gasteiger partial charge in [-0.25, -0.2) is 4.85 Å². The number of rotatable bonds is 6. The van der Waals surface area contributed by atoms with Gasteiger partial charge in [-0.05, 0) is 83.9 Å². The first-order chi connectivity index (χ1) is 43.7. The molecule has 6 aromatic heterocycles.